The highest BCUT2D eigenvalue weighted by Gasteiger charge is 2.01. The van der Waals surface area contributed by atoms with Crippen molar-refractivity contribution in [2.75, 3.05) is 0 Å². The number of hydrogen-bond donors (Lipinski definition) is 0. The Morgan fingerprint density at radius 3 is 2.67 bits per heavy atom. The zero-order valence-electron chi connectivity index (χ0n) is 9.99. The van der Waals surface area contributed by atoms with E-state index < -0.39 is 0 Å². The molecule has 1 nitrogen and oxygen atoms in total. The van der Waals surface area contributed by atoms with E-state index in [1.807, 2.05) is 19.2 Å². The van der Waals surface area contributed by atoms with Gasteiger partial charge in [0.2, 0.25) is 0 Å². The Bertz CT molecular complexity index is 373. The van der Waals surface area contributed by atoms with Crippen LogP contribution in [0.2, 0.25) is 0 Å². The predicted octanol–water partition coefficient (Wildman–Crippen LogP) is 4.01. The molecular formula is C14H19N. The van der Waals surface area contributed by atoms with Gasteiger partial charge in [0.05, 0.1) is 5.69 Å². The van der Waals surface area contributed by atoms with Crippen LogP contribution in [0.25, 0.3) is 6.08 Å². The highest BCUT2D eigenvalue weighted by molar-refractivity contribution is 5.55. The van der Waals surface area contributed by atoms with Gasteiger partial charge in [0, 0.05) is 6.20 Å². The molecular weight excluding hydrogens is 182 g/mol. The molecule has 0 aliphatic heterocycles. The average molecular weight is 201 g/mol. The molecule has 80 valence electrons. The molecule has 1 aromatic rings. The van der Waals surface area contributed by atoms with E-state index in [1.165, 1.54) is 11.1 Å². The number of allylic oxidation sites excluding steroid dienone is 3. The molecule has 0 amide bonds. The molecule has 0 fully saturated rings. The molecule has 0 bridgehead atoms. The fraction of sp³-hybridized carbons (Fsp3) is 0.357. The monoisotopic (exact) mass is 201 g/mol. The van der Waals surface area contributed by atoms with Crippen molar-refractivity contribution < 1.29 is 0 Å². The number of aryl methyl sites for hydroxylation is 1. The Morgan fingerprint density at radius 1 is 1.40 bits per heavy atom. The van der Waals surface area contributed by atoms with Gasteiger partial charge in [-0.1, -0.05) is 32.1 Å². The third kappa shape index (κ3) is 3.35. The van der Waals surface area contributed by atoms with Gasteiger partial charge in [0.25, 0.3) is 0 Å². The quantitative estimate of drug-likeness (QED) is 0.673. The minimum atomic E-state index is 0.530. The lowest BCUT2D eigenvalue weighted by Crippen LogP contribution is -1.93. The molecule has 0 aliphatic rings. The lowest BCUT2D eigenvalue weighted by molar-refractivity contribution is 0.796. The van der Waals surface area contributed by atoms with Crippen molar-refractivity contribution >= 4 is 6.08 Å². The van der Waals surface area contributed by atoms with Gasteiger partial charge in [0.1, 0.15) is 0 Å². The summed E-state index contributed by atoms with van der Waals surface area (Å²) in [4.78, 5) is 4.37. The van der Waals surface area contributed by atoms with Crippen molar-refractivity contribution in [1.82, 2.24) is 4.98 Å². The zero-order valence-corrected chi connectivity index (χ0v) is 9.99. The van der Waals surface area contributed by atoms with E-state index in [1.54, 1.807) is 0 Å². The van der Waals surface area contributed by atoms with Gasteiger partial charge in [0.15, 0.2) is 0 Å². The average Bonchev–Trinajstić information content (AvgIpc) is 2.20. The maximum Gasteiger partial charge on any atom is 0.0661 e. The number of aromatic nitrogens is 1. The number of hydrogen-bond acceptors (Lipinski definition) is 1. The first-order valence-corrected chi connectivity index (χ1v) is 5.41. The van der Waals surface area contributed by atoms with Crippen LogP contribution in [0.15, 0.2) is 36.1 Å². The molecule has 1 heteroatoms. The van der Waals surface area contributed by atoms with Crippen LogP contribution < -0.4 is 0 Å². The van der Waals surface area contributed by atoms with E-state index in [0.717, 1.165) is 5.69 Å². The first-order valence-electron chi connectivity index (χ1n) is 5.41. The Hall–Kier alpha value is -1.37. The molecule has 1 aromatic heterocycles. The summed E-state index contributed by atoms with van der Waals surface area (Å²) in [5, 5.41) is 0. The maximum absolute atomic E-state index is 4.37. The topological polar surface area (TPSA) is 12.9 Å². The van der Waals surface area contributed by atoms with Crippen LogP contribution in [0.1, 0.15) is 32.0 Å². The lowest BCUT2D eigenvalue weighted by Gasteiger charge is -2.07. The second kappa shape index (κ2) is 5.50. The molecule has 1 rings (SSSR count). The predicted molar refractivity (Wildman–Crippen MR) is 66.6 cm³/mol. The minimum Gasteiger partial charge on any atom is -0.257 e. The third-order valence-corrected chi connectivity index (χ3v) is 2.38. The smallest absolute Gasteiger partial charge is 0.0661 e. The van der Waals surface area contributed by atoms with E-state index in [2.05, 4.69) is 50.0 Å². The van der Waals surface area contributed by atoms with Crippen molar-refractivity contribution in [2.24, 2.45) is 5.92 Å². The van der Waals surface area contributed by atoms with Gasteiger partial charge in [-0.05, 0) is 43.0 Å². The Kier molecular flexibility index (Phi) is 4.29. The zero-order chi connectivity index (χ0) is 11.3. The summed E-state index contributed by atoms with van der Waals surface area (Å²) in [5.41, 5.74) is 3.61. The van der Waals surface area contributed by atoms with E-state index >= 15 is 0 Å². The summed E-state index contributed by atoms with van der Waals surface area (Å²) >= 11 is 0. The first-order chi connectivity index (χ1) is 7.15. The molecule has 0 aromatic carbocycles. The van der Waals surface area contributed by atoms with Crippen LogP contribution in [-0.4, -0.2) is 4.98 Å². The Balaban J connectivity index is 3.07. The molecule has 0 radical (unpaired) electrons. The van der Waals surface area contributed by atoms with E-state index in [9.17, 15) is 0 Å². The molecule has 0 saturated carbocycles. The molecule has 0 N–H and O–H groups in total. The molecule has 0 spiro atoms. The van der Waals surface area contributed by atoms with Crippen molar-refractivity contribution in [3.05, 3.63) is 47.3 Å². The van der Waals surface area contributed by atoms with Crippen molar-refractivity contribution in [2.45, 2.75) is 27.7 Å². The van der Waals surface area contributed by atoms with Gasteiger partial charge in [-0.25, -0.2) is 0 Å². The van der Waals surface area contributed by atoms with Gasteiger partial charge in [-0.2, -0.15) is 0 Å². The standard InChI is InChI=1S/C14H19N/c1-5-7-13(11(2)3)10-14-12(4)8-6-9-15-14/h5-11H,1-4H3/b7-5-,13-10+. The van der Waals surface area contributed by atoms with Crippen molar-refractivity contribution in [3.8, 4) is 0 Å². The van der Waals surface area contributed by atoms with Gasteiger partial charge in [-0.3, -0.25) is 4.98 Å². The SMILES string of the molecule is C/C=C\C(=C/c1ncccc1C)C(C)C. The molecule has 0 saturated heterocycles. The summed E-state index contributed by atoms with van der Waals surface area (Å²) < 4.78 is 0. The highest BCUT2D eigenvalue weighted by atomic mass is 14.7. The van der Waals surface area contributed by atoms with Gasteiger partial charge < -0.3 is 0 Å². The van der Waals surface area contributed by atoms with Crippen LogP contribution in [0.4, 0.5) is 0 Å². The second-order valence-corrected chi connectivity index (χ2v) is 4.00. The maximum atomic E-state index is 4.37. The van der Waals surface area contributed by atoms with Crippen LogP contribution in [0, 0.1) is 12.8 Å². The fourth-order valence-electron chi connectivity index (χ4n) is 1.41. The van der Waals surface area contributed by atoms with E-state index in [-0.39, 0.29) is 0 Å². The highest BCUT2D eigenvalue weighted by Crippen LogP contribution is 2.16. The molecule has 0 aliphatic carbocycles. The molecule has 0 unspecified atom stereocenters. The summed E-state index contributed by atoms with van der Waals surface area (Å²) in [5.74, 6) is 0.530. The normalized spacial score (nSPS) is 12.7. The number of nitrogens with zero attached hydrogens (tertiary/aromatic N) is 1. The van der Waals surface area contributed by atoms with E-state index in [0.29, 0.717) is 5.92 Å². The fourth-order valence-corrected chi connectivity index (χ4v) is 1.41. The Morgan fingerprint density at radius 2 is 2.13 bits per heavy atom. The van der Waals surface area contributed by atoms with Crippen LogP contribution in [-0.2, 0) is 0 Å². The van der Waals surface area contributed by atoms with Crippen molar-refractivity contribution in [1.29, 1.82) is 0 Å². The molecule has 0 atom stereocenters. The molecule has 1 heterocycles. The summed E-state index contributed by atoms with van der Waals surface area (Å²) in [7, 11) is 0. The largest absolute Gasteiger partial charge is 0.257 e. The number of pyridine rings is 1. The summed E-state index contributed by atoms with van der Waals surface area (Å²) in [6.07, 6.45) is 8.23. The molecule has 15 heavy (non-hydrogen) atoms. The van der Waals surface area contributed by atoms with Crippen LogP contribution >= 0.6 is 0 Å². The first kappa shape index (κ1) is 11.7. The third-order valence-electron chi connectivity index (χ3n) is 2.38. The lowest BCUT2D eigenvalue weighted by atomic mass is 10.0. The Labute approximate surface area is 92.6 Å². The second-order valence-electron chi connectivity index (χ2n) is 4.00. The minimum absolute atomic E-state index is 0.530. The van der Waals surface area contributed by atoms with Crippen LogP contribution in [0.3, 0.4) is 0 Å². The van der Waals surface area contributed by atoms with Gasteiger partial charge >= 0.3 is 0 Å². The summed E-state index contributed by atoms with van der Waals surface area (Å²) in [6, 6.07) is 4.06. The summed E-state index contributed by atoms with van der Waals surface area (Å²) in [6.45, 7) is 8.53. The van der Waals surface area contributed by atoms with E-state index in [4.69, 9.17) is 0 Å². The van der Waals surface area contributed by atoms with Crippen molar-refractivity contribution in [3.63, 3.8) is 0 Å². The number of rotatable bonds is 3. The van der Waals surface area contributed by atoms with Gasteiger partial charge in [-0.15, -0.1) is 0 Å². The van der Waals surface area contributed by atoms with Crippen LogP contribution in [0.5, 0.6) is 0 Å².